The van der Waals surface area contributed by atoms with Crippen LogP contribution >= 0.6 is 15.6 Å². The van der Waals surface area contributed by atoms with Crippen molar-refractivity contribution in [2.24, 2.45) is 0 Å². The van der Waals surface area contributed by atoms with Crippen molar-refractivity contribution in [2.75, 3.05) is 25.5 Å². The van der Waals surface area contributed by atoms with Gasteiger partial charge in [-0.25, -0.2) is 9.29 Å². The number of carbonyl (C=O) groups is 3. The first-order valence-corrected chi connectivity index (χ1v) is 16.7. The number of ether oxygens (including phenoxy) is 2. The summed E-state index contributed by atoms with van der Waals surface area (Å²) in [5, 5.41) is 53.2. The number of fused-ring (bicyclic) bond motifs is 1. The summed E-state index contributed by atoms with van der Waals surface area (Å²) in [4.78, 5) is 83.6. The van der Waals surface area contributed by atoms with Gasteiger partial charge in [0.25, 0.3) is 33.0 Å². The number of amides is 3. The van der Waals surface area contributed by atoms with Crippen molar-refractivity contribution in [3.8, 4) is 0 Å². The molecule has 5 rings (SSSR count). The zero-order valence-corrected chi connectivity index (χ0v) is 26.1. The number of aromatic amines is 1. The van der Waals surface area contributed by atoms with Gasteiger partial charge < -0.3 is 60.4 Å². The molecule has 270 valence electrons. The number of nitrogens with zero attached hydrogens (tertiary/aromatic N) is 4. The van der Waals surface area contributed by atoms with Gasteiger partial charge in [0.15, 0.2) is 23.7 Å². The Kier molecular flexibility index (Phi) is 10.5. The second kappa shape index (κ2) is 14.0. The summed E-state index contributed by atoms with van der Waals surface area (Å²) in [7, 11) is -12.1. The van der Waals surface area contributed by atoms with E-state index in [-0.39, 0.29) is 17.1 Å². The number of H-pyrrole nitrogens is 1. The molecule has 0 aromatic carbocycles. The molecule has 0 spiro atoms. The number of hydrogen-bond donors (Lipinski definition) is 8. The Morgan fingerprint density at radius 1 is 1.02 bits per heavy atom. The van der Waals surface area contributed by atoms with E-state index in [9.17, 15) is 63.6 Å². The number of aromatic nitrogens is 4. The van der Waals surface area contributed by atoms with E-state index < -0.39 is 114 Å². The van der Waals surface area contributed by atoms with Gasteiger partial charge in [0, 0.05) is 12.2 Å². The predicted molar refractivity (Wildman–Crippen MR) is 147 cm³/mol. The summed E-state index contributed by atoms with van der Waals surface area (Å²) in [6.07, 6.45) is -12.3. The summed E-state index contributed by atoms with van der Waals surface area (Å²) in [6, 6.07) is -2.02. The number of nitrogens with two attached hydrogens (primary N) is 1. The first-order chi connectivity index (χ1) is 22.9. The van der Waals surface area contributed by atoms with Crippen molar-refractivity contribution < 1.29 is 81.7 Å². The predicted octanol–water partition coefficient (Wildman–Crippen LogP) is -6.84. The molecular weight excluding hydrogens is 712 g/mol. The van der Waals surface area contributed by atoms with Gasteiger partial charge in [0.1, 0.15) is 49.2 Å². The van der Waals surface area contributed by atoms with Gasteiger partial charge in [-0.1, -0.05) is 0 Å². The van der Waals surface area contributed by atoms with Gasteiger partial charge in [0.05, 0.1) is 19.5 Å². The highest BCUT2D eigenvalue weighted by Crippen LogP contribution is 2.57. The lowest BCUT2D eigenvalue weighted by Gasteiger charge is -2.44. The van der Waals surface area contributed by atoms with Crippen LogP contribution in [0.1, 0.15) is 6.23 Å². The number of rotatable bonds is 12. The second-order valence-corrected chi connectivity index (χ2v) is 13.5. The molecule has 3 amide bonds. The molecule has 0 aliphatic carbocycles. The highest BCUT2D eigenvalue weighted by molar-refractivity contribution is 7.59. The van der Waals surface area contributed by atoms with Crippen LogP contribution in [0.4, 0.5) is 5.95 Å². The zero-order chi connectivity index (χ0) is 36.0. The van der Waals surface area contributed by atoms with E-state index in [1.807, 2.05) is 5.32 Å². The first kappa shape index (κ1) is 36.8. The molecule has 2 aromatic heterocycles. The average Bonchev–Trinajstić information content (AvgIpc) is 3.66. The fraction of sp³-hybridized carbons (Fsp3) is 0.545. The minimum atomic E-state index is -6.12. The van der Waals surface area contributed by atoms with E-state index in [1.165, 1.54) is 0 Å². The molecule has 3 aliphatic rings. The molecule has 0 bridgehead atoms. The van der Waals surface area contributed by atoms with E-state index >= 15 is 0 Å². The number of anilines is 1. The number of imide groups is 1. The topological polar surface area (TPSA) is 384 Å². The lowest BCUT2D eigenvalue weighted by Crippen LogP contribution is -2.65. The highest BCUT2D eigenvalue weighted by Gasteiger charge is 2.48. The molecule has 5 heterocycles. The van der Waals surface area contributed by atoms with Crippen LogP contribution in [0, 0.1) is 0 Å². The zero-order valence-electron chi connectivity index (χ0n) is 24.4. The van der Waals surface area contributed by atoms with Crippen molar-refractivity contribution in [2.45, 2.75) is 55.2 Å². The fourth-order valence-electron chi connectivity index (χ4n) is 4.97. The summed E-state index contributed by atoms with van der Waals surface area (Å²) in [5.74, 6) is -3.25. The molecule has 3 aliphatic heterocycles. The van der Waals surface area contributed by atoms with Gasteiger partial charge in [-0.3, -0.25) is 47.3 Å². The molecule has 2 aromatic rings. The molecule has 11 unspecified atom stereocenters. The average molecular weight is 739 g/mol. The van der Waals surface area contributed by atoms with Crippen LogP contribution in [-0.2, 0) is 46.3 Å². The summed E-state index contributed by atoms with van der Waals surface area (Å²) < 4.78 is 49.8. The number of nitrogen functional groups attached to an aromatic ring is 1. The number of phosphoric acid groups is 2. The van der Waals surface area contributed by atoms with Gasteiger partial charge in [-0.05, 0) is 0 Å². The van der Waals surface area contributed by atoms with Crippen molar-refractivity contribution in [3.05, 3.63) is 28.8 Å². The normalized spacial score (nSPS) is 32.8. The van der Waals surface area contributed by atoms with Gasteiger partial charge in [-0.15, -0.1) is 0 Å². The van der Waals surface area contributed by atoms with Crippen LogP contribution in [0.2, 0.25) is 0 Å². The standard InChI is InChI=1S/C22H29N7O18P2/c23-22-26-18-13(19(38)27-22)24-6-29(18)20-17(37)15(35)8(44-20)5-43-48(39,40)47-49(41,42)46-21-12(16(36)14(34)7(4-30)45-21)25-9(31)3-28-10(32)1-2-11(28)33/h1-2,6-8,12,14-17,20-21,30,34-37H,3-5H2,(H,25,31)(H,39,40)(H,41,42)(H3,23,26,27,38)/p-2. The molecule has 2 fully saturated rings. The third-order valence-corrected chi connectivity index (χ3v) is 9.83. The monoisotopic (exact) mass is 739 g/mol. The van der Waals surface area contributed by atoms with Gasteiger partial charge in [0.2, 0.25) is 11.9 Å². The number of aliphatic hydroxyl groups excluding tert-OH is 5. The molecular formula is C22H27N7O18P2-2. The quantitative estimate of drug-likeness (QED) is 0.0740. The Morgan fingerprint density at radius 2 is 1.67 bits per heavy atom. The van der Waals surface area contributed by atoms with Crippen molar-refractivity contribution in [1.82, 2.24) is 29.7 Å². The third kappa shape index (κ3) is 7.79. The Balaban J connectivity index is 1.23. The fourth-order valence-corrected chi connectivity index (χ4v) is 7.06. The summed E-state index contributed by atoms with van der Waals surface area (Å²) >= 11 is 0. The Morgan fingerprint density at radius 3 is 2.33 bits per heavy atom. The van der Waals surface area contributed by atoms with Crippen molar-refractivity contribution in [3.63, 3.8) is 0 Å². The number of aliphatic hydroxyl groups is 5. The molecule has 0 radical (unpaired) electrons. The van der Waals surface area contributed by atoms with Crippen LogP contribution in [0.15, 0.2) is 23.3 Å². The maximum absolute atomic E-state index is 12.6. The number of hydrogen-bond acceptors (Lipinski definition) is 21. The highest BCUT2D eigenvalue weighted by atomic mass is 31.3. The minimum Gasteiger partial charge on any atom is -0.756 e. The van der Waals surface area contributed by atoms with E-state index in [2.05, 4.69) is 28.3 Å². The van der Waals surface area contributed by atoms with Gasteiger partial charge in [-0.2, -0.15) is 4.98 Å². The first-order valence-electron chi connectivity index (χ1n) is 13.8. The second-order valence-electron chi connectivity index (χ2n) is 10.6. The smallest absolute Gasteiger partial charge is 0.280 e. The van der Waals surface area contributed by atoms with Crippen molar-refractivity contribution >= 4 is 50.5 Å². The largest absolute Gasteiger partial charge is 0.756 e. The van der Waals surface area contributed by atoms with Crippen LogP contribution in [0.25, 0.3) is 11.2 Å². The number of imidazole rings is 1. The lowest BCUT2D eigenvalue weighted by atomic mass is 9.97. The van der Waals surface area contributed by atoms with Crippen LogP contribution in [0.5, 0.6) is 0 Å². The maximum atomic E-state index is 12.6. The van der Waals surface area contributed by atoms with Crippen LogP contribution in [0.3, 0.4) is 0 Å². The molecule has 9 N–H and O–H groups in total. The van der Waals surface area contributed by atoms with E-state index in [4.69, 9.17) is 15.2 Å². The summed E-state index contributed by atoms with van der Waals surface area (Å²) in [6.45, 7) is -3.11. The van der Waals surface area contributed by atoms with Crippen molar-refractivity contribution in [1.29, 1.82) is 0 Å². The lowest BCUT2D eigenvalue weighted by molar-refractivity contribution is -0.285. The Labute approximate surface area is 271 Å². The summed E-state index contributed by atoms with van der Waals surface area (Å²) in [5.41, 5.74) is 4.41. The van der Waals surface area contributed by atoms with E-state index in [0.717, 1.165) is 23.0 Å². The molecule has 27 heteroatoms. The van der Waals surface area contributed by atoms with Crippen LogP contribution in [-0.4, -0.2) is 136 Å². The molecule has 0 saturated carbocycles. The SMILES string of the molecule is Nc1nc2c(ncn2C2OC(COP(=O)([O-])OP(=O)([O-])OC3OC(CO)C(O)C(O)C3NC(=O)CN3C(=O)C=CC3=O)C(O)C2O)c(=O)[nH]1. The molecule has 49 heavy (non-hydrogen) atoms. The number of carbonyl (C=O) groups excluding carboxylic acids is 3. The van der Waals surface area contributed by atoms with E-state index in [0.29, 0.717) is 4.90 Å². The molecule has 25 nitrogen and oxygen atoms in total. The molecule has 11 atom stereocenters. The molecule has 2 saturated heterocycles. The van der Waals surface area contributed by atoms with E-state index in [1.54, 1.807) is 0 Å². The number of nitrogens with one attached hydrogen (secondary N) is 2. The number of phosphoric ester groups is 2. The maximum Gasteiger partial charge on any atom is 0.280 e. The Hall–Kier alpha value is -3.52. The Bertz CT molecular complexity index is 1780. The third-order valence-electron chi connectivity index (χ3n) is 7.30. The minimum absolute atomic E-state index is 0.170. The van der Waals surface area contributed by atoms with Gasteiger partial charge >= 0.3 is 0 Å². The van der Waals surface area contributed by atoms with Crippen LogP contribution < -0.4 is 26.4 Å².